The zero-order valence-electron chi connectivity index (χ0n) is 14.3. The molecule has 1 amide bonds. The molecule has 24 heavy (non-hydrogen) atoms. The first-order chi connectivity index (χ1) is 11.4. The molecule has 0 radical (unpaired) electrons. The summed E-state index contributed by atoms with van der Waals surface area (Å²) in [5.74, 6) is -0.0265. The molecule has 0 saturated carbocycles. The molecule has 1 aliphatic carbocycles. The number of likely N-dealkylation sites (N-methyl/N-ethyl adjacent to an activating group) is 1. The highest BCUT2D eigenvalue weighted by atomic mass is 16.3. The molecule has 0 fully saturated rings. The van der Waals surface area contributed by atoms with Crippen molar-refractivity contribution in [3.63, 3.8) is 0 Å². The van der Waals surface area contributed by atoms with E-state index in [1.165, 1.54) is 0 Å². The number of rotatable bonds is 2. The van der Waals surface area contributed by atoms with Crippen LogP contribution in [-0.2, 0) is 10.2 Å². The Kier molecular flexibility index (Phi) is 3.85. The maximum atomic E-state index is 13.4. The summed E-state index contributed by atoms with van der Waals surface area (Å²) in [6, 6.07) is 11.7. The average molecular weight is 322 g/mol. The SMILES string of the molecule is CCN1CC=C2C(C)(C)C(O)C(C#N)=C[C@]2(c2ccccc2)C1=O. The normalized spacial score (nSPS) is 28.5. The van der Waals surface area contributed by atoms with E-state index in [4.69, 9.17) is 0 Å². The summed E-state index contributed by atoms with van der Waals surface area (Å²) in [5, 5.41) is 20.2. The summed E-state index contributed by atoms with van der Waals surface area (Å²) in [7, 11) is 0. The van der Waals surface area contributed by atoms with Crippen LogP contribution in [0.15, 0.2) is 53.6 Å². The van der Waals surface area contributed by atoms with Gasteiger partial charge in [-0.2, -0.15) is 5.26 Å². The number of carbonyl (C=O) groups excluding carboxylic acids is 1. The average Bonchev–Trinajstić information content (AvgIpc) is 2.60. The third-order valence-corrected chi connectivity index (χ3v) is 5.35. The Hall–Kier alpha value is -2.38. The van der Waals surface area contributed by atoms with Gasteiger partial charge in [-0.25, -0.2) is 0 Å². The number of nitrogens with zero attached hydrogens (tertiary/aromatic N) is 2. The van der Waals surface area contributed by atoms with Crippen LogP contribution in [0.1, 0.15) is 26.3 Å². The second-order valence-electron chi connectivity index (χ2n) is 6.97. The maximum absolute atomic E-state index is 13.4. The second-order valence-corrected chi connectivity index (χ2v) is 6.97. The lowest BCUT2D eigenvalue weighted by molar-refractivity contribution is -0.135. The zero-order chi connectivity index (χ0) is 17.5. The molecular weight excluding hydrogens is 300 g/mol. The minimum absolute atomic E-state index is 0.0265. The largest absolute Gasteiger partial charge is 0.387 e. The molecule has 1 aromatic rings. The quantitative estimate of drug-likeness (QED) is 0.851. The molecule has 1 unspecified atom stereocenters. The van der Waals surface area contributed by atoms with Crippen molar-refractivity contribution in [2.75, 3.05) is 13.1 Å². The van der Waals surface area contributed by atoms with E-state index in [1.807, 2.05) is 57.2 Å². The molecule has 0 saturated heterocycles. The number of benzene rings is 1. The van der Waals surface area contributed by atoms with E-state index < -0.39 is 16.9 Å². The fourth-order valence-electron chi connectivity index (χ4n) is 4.00. The highest BCUT2D eigenvalue weighted by Crippen LogP contribution is 2.53. The molecule has 1 aromatic carbocycles. The Morgan fingerprint density at radius 2 is 2.00 bits per heavy atom. The number of nitriles is 1. The van der Waals surface area contributed by atoms with E-state index in [0.29, 0.717) is 13.1 Å². The molecule has 2 atom stereocenters. The molecule has 4 heteroatoms. The van der Waals surface area contributed by atoms with Crippen molar-refractivity contribution in [1.82, 2.24) is 4.90 Å². The van der Waals surface area contributed by atoms with Crippen molar-refractivity contribution >= 4 is 5.91 Å². The van der Waals surface area contributed by atoms with Crippen LogP contribution >= 0.6 is 0 Å². The number of hydrogen-bond acceptors (Lipinski definition) is 3. The van der Waals surface area contributed by atoms with Crippen LogP contribution in [0.25, 0.3) is 0 Å². The zero-order valence-corrected chi connectivity index (χ0v) is 14.3. The third kappa shape index (κ3) is 2.05. The van der Waals surface area contributed by atoms with Crippen molar-refractivity contribution < 1.29 is 9.90 Å². The van der Waals surface area contributed by atoms with Gasteiger partial charge in [0.15, 0.2) is 0 Å². The van der Waals surface area contributed by atoms with Crippen LogP contribution in [-0.4, -0.2) is 35.1 Å². The smallest absolute Gasteiger partial charge is 0.241 e. The van der Waals surface area contributed by atoms with Gasteiger partial charge in [0.2, 0.25) is 5.91 Å². The number of hydrogen-bond donors (Lipinski definition) is 1. The van der Waals surface area contributed by atoms with Crippen molar-refractivity contribution in [3.05, 3.63) is 59.2 Å². The number of aliphatic hydroxyl groups is 1. The van der Waals surface area contributed by atoms with Gasteiger partial charge in [-0.05, 0) is 24.1 Å². The molecule has 1 aliphatic heterocycles. The van der Waals surface area contributed by atoms with Crippen LogP contribution < -0.4 is 0 Å². The van der Waals surface area contributed by atoms with Gasteiger partial charge >= 0.3 is 0 Å². The second kappa shape index (κ2) is 5.61. The van der Waals surface area contributed by atoms with E-state index in [0.717, 1.165) is 11.1 Å². The number of carbonyl (C=O) groups is 1. The highest BCUT2D eigenvalue weighted by Gasteiger charge is 2.56. The lowest BCUT2D eigenvalue weighted by Crippen LogP contribution is -2.57. The lowest BCUT2D eigenvalue weighted by Gasteiger charge is -2.50. The first-order valence-corrected chi connectivity index (χ1v) is 8.26. The van der Waals surface area contributed by atoms with Gasteiger partial charge in [0.25, 0.3) is 0 Å². The summed E-state index contributed by atoms with van der Waals surface area (Å²) in [6.45, 7) is 6.90. The number of fused-ring (bicyclic) bond motifs is 1. The van der Waals surface area contributed by atoms with Crippen LogP contribution in [0.4, 0.5) is 0 Å². The minimum Gasteiger partial charge on any atom is -0.387 e. The summed E-state index contributed by atoms with van der Waals surface area (Å²) in [4.78, 5) is 15.2. The first kappa shape index (κ1) is 16.5. The van der Waals surface area contributed by atoms with Gasteiger partial charge in [0.1, 0.15) is 5.41 Å². The van der Waals surface area contributed by atoms with Crippen molar-refractivity contribution in [1.29, 1.82) is 5.26 Å². The standard InChI is InChI=1S/C20H22N2O2/c1-4-22-11-10-16-19(2,3)17(23)14(13-21)12-20(16,18(22)24)15-8-6-5-7-9-15/h5-10,12,17,23H,4,11H2,1-3H3/t17?,20-/m1/s1. The van der Waals surface area contributed by atoms with E-state index >= 15 is 0 Å². The molecule has 0 spiro atoms. The first-order valence-electron chi connectivity index (χ1n) is 8.26. The van der Waals surface area contributed by atoms with Gasteiger partial charge in [-0.1, -0.05) is 50.3 Å². The van der Waals surface area contributed by atoms with Crippen molar-refractivity contribution in [3.8, 4) is 6.07 Å². The van der Waals surface area contributed by atoms with E-state index in [-0.39, 0.29) is 11.5 Å². The van der Waals surface area contributed by atoms with Gasteiger partial charge in [0, 0.05) is 18.5 Å². The Bertz CT molecular complexity index is 771. The van der Waals surface area contributed by atoms with Gasteiger partial charge in [-0.3, -0.25) is 4.79 Å². The van der Waals surface area contributed by atoms with Gasteiger partial charge in [-0.15, -0.1) is 0 Å². The molecule has 0 aromatic heterocycles. The van der Waals surface area contributed by atoms with Crippen molar-refractivity contribution in [2.45, 2.75) is 32.3 Å². The summed E-state index contributed by atoms with van der Waals surface area (Å²) in [6.07, 6.45) is 2.81. The predicted octanol–water partition coefficient (Wildman–Crippen LogP) is 2.56. The fraction of sp³-hybridized carbons (Fsp3) is 0.400. The monoisotopic (exact) mass is 322 g/mol. The molecule has 124 valence electrons. The summed E-state index contributed by atoms with van der Waals surface area (Å²) >= 11 is 0. The molecule has 3 rings (SSSR count). The minimum atomic E-state index is -1.01. The molecular formula is C20H22N2O2. The van der Waals surface area contributed by atoms with Crippen molar-refractivity contribution in [2.24, 2.45) is 5.41 Å². The lowest BCUT2D eigenvalue weighted by atomic mass is 9.56. The Morgan fingerprint density at radius 1 is 1.33 bits per heavy atom. The Morgan fingerprint density at radius 3 is 2.58 bits per heavy atom. The van der Waals surface area contributed by atoms with Gasteiger partial charge in [0.05, 0.1) is 17.7 Å². The summed E-state index contributed by atoms with van der Waals surface area (Å²) in [5.41, 5.74) is 0.274. The van der Waals surface area contributed by atoms with E-state index in [9.17, 15) is 15.2 Å². The van der Waals surface area contributed by atoms with Crippen LogP contribution in [0.5, 0.6) is 0 Å². The molecule has 0 bridgehead atoms. The van der Waals surface area contributed by atoms with E-state index in [1.54, 1.807) is 11.0 Å². The Balaban J connectivity index is 2.38. The maximum Gasteiger partial charge on any atom is 0.241 e. The van der Waals surface area contributed by atoms with Gasteiger partial charge < -0.3 is 10.0 Å². The molecule has 4 nitrogen and oxygen atoms in total. The molecule has 1 heterocycles. The topological polar surface area (TPSA) is 64.3 Å². The van der Waals surface area contributed by atoms with E-state index in [2.05, 4.69) is 6.07 Å². The molecule has 1 N–H and O–H groups in total. The third-order valence-electron chi connectivity index (χ3n) is 5.35. The number of aliphatic hydroxyl groups excluding tert-OH is 1. The Labute approximate surface area is 142 Å². The predicted molar refractivity (Wildman–Crippen MR) is 91.9 cm³/mol. The van der Waals surface area contributed by atoms with Crippen LogP contribution in [0.3, 0.4) is 0 Å². The van der Waals surface area contributed by atoms with Crippen LogP contribution in [0.2, 0.25) is 0 Å². The van der Waals surface area contributed by atoms with Crippen LogP contribution in [0, 0.1) is 16.7 Å². The molecule has 2 aliphatic rings. The summed E-state index contributed by atoms with van der Waals surface area (Å²) < 4.78 is 0. The fourth-order valence-corrected chi connectivity index (χ4v) is 4.00. The highest BCUT2D eigenvalue weighted by molar-refractivity contribution is 5.97. The number of amides is 1.